The van der Waals surface area contributed by atoms with Crippen LogP contribution in [-0.4, -0.2) is 48.7 Å². The van der Waals surface area contributed by atoms with Gasteiger partial charge in [0.2, 0.25) is 11.9 Å². The van der Waals surface area contributed by atoms with E-state index in [9.17, 15) is 0 Å². The number of hydrogen-bond acceptors (Lipinski definition) is 7. The van der Waals surface area contributed by atoms with Crippen LogP contribution in [-0.2, 0) is 4.84 Å². The zero-order valence-electron chi connectivity index (χ0n) is 13.9. The quantitative estimate of drug-likeness (QED) is 0.628. The monoisotopic (exact) mass is 340 g/mol. The van der Waals surface area contributed by atoms with Crippen LogP contribution in [0.5, 0.6) is 0 Å². The van der Waals surface area contributed by atoms with Gasteiger partial charge in [0, 0.05) is 20.1 Å². The molecule has 0 bridgehead atoms. The van der Waals surface area contributed by atoms with E-state index in [1.54, 1.807) is 14.2 Å². The van der Waals surface area contributed by atoms with E-state index in [-0.39, 0.29) is 12.4 Å². The lowest BCUT2D eigenvalue weighted by molar-refractivity contribution is 0.180. The molecule has 0 unspecified atom stereocenters. The topological polar surface area (TPSA) is 66.4 Å². The first-order valence-electron chi connectivity index (χ1n) is 7.59. The summed E-state index contributed by atoms with van der Waals surface area (Å²) < 4.78 is 0. The van der Waals surface area contributed by atoms with E-state index in [4.69, 9.17) is 11.3 Å². The summed E-state index contributed by atoms with van der Waals surface area (Å²) in [5.41, 5.74) is 0. The molecule has 23 heavy (non-hydrogen) atoms. The van der Waals surface area contributed by atoms with Crippen LogP contribution >= 0.6 is 12.4 Å². The molecular formula is C15H25ClN6O. The Morgan fingerprint density at radius 3 is 2.43 bits per heavy atom. The molecular weight excluding hydrogens is 316 g/mol. The van der Waals surface area contributed by atoms with Crippen molar-refractivity contribution in [2.75, 3.05) is 43.0 Å². The second kappa shape index (κ2) is 9.38. The summed E-state index contributed by atoms with van der Waals surface area (Å²) in [4.78, 5) is 20.6. The molecule has 0 radical (unpaired) electrons. The molecule has 0 spiro atoms. The average molecular weight is 341 g/mol. The van der Waals surface area contributed by atoms with E-state index in [0.717, 1.165) is 0 Å². The maximum Gasteiger partial charge on any atom is 0.256 e. The first-order chi connectivity index (χ1) is 10.7. The SMILES string of the molecule is C#CCNc1nc(N(C)OC)nc(N(C)C2CCCCC2)n1.Cl. The van der Waals surface area contributed by atoms with E-state index < -0.39 is 0 Å². The summed E-state index contributed by atoms with van der Waals surface area (Å²) in [5.74, 6) is 4.08. The Morgan fingerprint density at radius 1 is 1.17 bits per heavy atom. The molecule has 0 atom stereocenters. The highest BCUT2D eigenvalue weighted by atomic mass is 35.5. The predicted molar refractivity (Wildman–Crippen MR) is 95.1 cm³/mol. The number of anilines is 3. The molecule has 1 heterocycles. The van der Waals surface area contributed by atoms with Gasteiger partial charge in [0.05, 0.1) is 13.7 Å². The van der Waals surface area contributed by atoms with Crippen LogP contribution in [0.25, 0.3) is 0 Å². The summed E-state index contributed by atoms with van der Waals surface area (Å²) in [6.07, 6.45) is 11.5. The molecule has 1 aromatic rings. The lowest BCUT2D eigenvalue weighted by Crippen LogP contribution is -2.35. The number of hydrogen-bond donors (Lipinski definition) is 1. The summed E-state index contributed by atoms with van der Waals surface area (Å²) in [6, 6.07) is 0.470. The van der Waals surface area contributed by atoms with Gasteiger partial charge >= 0.3 is 0 Å². The van der Waals surface area contributed by atoms with Crippen LogP contribution in [0.2, 0.25) is 0 Å². The van der Waals surface area contributed by atoms with Crippen LogP contribution in [0.15, 0.2) is 0 Å². The number of halogens is 1. The van der Waals surface area contributed by atoms with Crippen molar-refractivity contribution in [3.05, 3.63) is 0 Å². The van der Waals surface area contributed by atoms with E-state index in [1.807, 2.05) is 7.05 Å². The Labute approximate surface area is 144 Å². The molecule has 128 valence electrons. The molecule has 8 heteroatoms. The highest BCUT2D eigenvalue weighted by Crippen LogP contribution is 2.25. The number of nitrogens with zero attached hydrogens (tertiary/aromatic N) is 5. The third-order valence-corrected chi connectivity index (χ3v) is 3.95. The molecule has 1 aliphatic carbocycles. The summed E-state index contributed by atoms with van der Waals surface area (Å²) in [5, 5.41) is 4.51. The van der Waals surface area contributed by atoms with E-state index in [0.29, 0.717) is 30.4 Å². The minimum Gasteiger partial charge on any atom is -0.343 e. The van der Waals surface area contributed by atoms with Crippen LogP contribution in [0.4, 0.5) is 17.8 Å². The van der Waals surface area contributed by atoms with Crippen molar-refractivity contribution in [3.8, 4) is 12.3 Å². The fraction of sp³-hybridized carbons (Fsp3) is 0.667. The molecule has 1 aliphatic rings. The predicted octanol–water partition coefficient (Wildman–Crippen LogP) is 2.10. The van der Waals surface area contributed by atoms with Crippen LogP contribution in [0.1, 0.15) is 32.1 Å². The Morgan fingerprint density at radius 2 is 1.83 bits per heavy atom. The summed E-state index contributed by atoms with van der Waals surface area (Å²) in [6.45, 7) is 0.368. The summed E-state index contributed by atoms with van der Waals surface area (Å²) >= 11 is 0. The number of aromatic nitrogens is 3. The van der Waals surface area contributed by atoms with Gasteiger partial charge in [-0.05, 0) is 12.8 Å². The second-order valence-electron chi connectivity index (χ2n) is 5.40. The highest BCUT2D eigenvalue weighted by Gasteiger charge is 2.22. The first-order valence-corrected chi connectivity index (χ1v) is 7.59. The molecule has 1 N–H and O–H groups in total. The summed E-state index contributed by atoms with van der Waals surface area (Å²) in [7, 11) is 5.36. The molecule has 0 saturated heterocycles. The number of rotatable bonds is 6. The van der Waals surface area contributed by atoms with Gasteiger partial charge in [-0.15, -0.1) is 18.8 Å². The van der Waals surface area contributed by atoms with Crippen LogP contribution in [0, 0.1) is 12.3 Å². The minimum absolute atomic E-state index is 0. The average Bonchev–Trinajstić information content (AvgIpc) is 2.59. The van der Waals surface area contributed by atoms with Crippen molar-refractivity contribution >= 4 is 30.3 Å². The van der Waals surface area contributed by atoms with Gasteiger partial charge in [-0.1, -0.05) is 25.2 Å². The molecule has 1 fully saturated rings. The van der Waals surface area contributed by atoms with E-state index >= 15 is 0 Å². The van der Waals surface area contributed by atoms with Gasteiger partial charge in [0.15, 0.2) is 0 Å². The van der Waals surface area contributed by atoms with Gasteiger partial charge < -0.3 is 10.2 Å². The molecule has 0 amide bonds. The fourth-order valence-electron chi connectivity index (χ4n) is 2.57. The zero-order chi connectivity index (χ0) is 15.9. The van der Waals surface area contributed by atoms with E-state index in [2.05, 4.69) is 31.1 Å². The lowest BCUT2D eigenvalue weighted by Gasteiger charge is -2.31. The van der Waals surface area contributed by atoms with Crippen molar-refractivity contribution in [2.24, 2.45) is 0 Å². The Hall–Kier alpha value is -1.78. The molecule has 1 saturated carbocycles. The maximum atomic E-state index is 5.29. The normalized spacial score (nSPS) is 14.5. The largest absolute Gasteiger partial charge is 0.343 e. The third-order valence-electron chi connectivity index (χ3n) is 3.95. The highest BCUT2D eigenvalue weighted by molar-refractivity contribution is 5.85. The molecule has 1 aromatic heterocycles. The van der Waals surface area contributed by atoms with Crippen molar-refractivity contribution in [1.29, 1.82) is 0 Å². The van der Waals surface area contributed by atoms with Gasteiger partial charge in [-0.3, -0.25) is 4.84 Å². The van der Waals surface area contributed by atoms with Crippen molar-refractivity contribution in [1.82, 2.24) is 15.0 Å². The van der Waals surface area contributed by atoms with Crippen molar-refractivity contribution in [2.45, 2.75) is 38.1 Å². The molecule has 7 nitrogen and oxygen atoms in total. The minimum atomic E-state index is 0. The zero-order valence-corrected chi connectivity index (χ0v) is 14.8. The van der Waals surface area contributed by atoms with Crippen LogP contribution in [0.3, 0.4) is 0 Å². The maximum absolute atomic E-state index is 5.29. The molecule has 0 aromatic carbocycles. The van der Waals surface area contributed by atoms with Gasteiger partial charge in [-0.2, -0.15) is 15.0 Å². The number of terminal acetylenes is 1. The molecule has 2 rings (SSSR count). The standard InChI is InChI=1S/C15H24N6O.ClH/c1-5-11-16-13-17-14(19-15(18-13)21(3)22-4)20(2)12-9-7-6-8-10-12;/h1,12H,6-11H2,2-4H3,(H,16,17,18,19);1H. The van der Waals surface area contributed by atoms with Crippen molar-refractivity contribution in [3.63, 3.8) is 0 Å². The Bertz CT molecular complexity index is 529. The smallest absolute Gasteiger partial charge is 0.256 e. The van der Waals surface area contributed by atoms with E-state index in [1.165, 1.54) is 37.2 Å². The Kier molecular flexibility index (Phi) is 7.86. The first kappa shape index (κ1) is 19.3. The number of hydroxylamine groups is 1. The van der Waals surface area contributed by atoms with Gasteiger partial charge in [0.1, 0.15) is 0 Å². The van der Waals surface area contributed by atoms with Crippen molar-refractivity contribution < 1.29 is 4.84 Å². The number of nitrogens with one attached hydrogen (secondary N) is 1. The third kappa shape index (κ3) is 5.12. The van der Waals surface area contributed by atoms with Gasteiger partial charge in [0.25, 0.3) is 5.95 Å². The molecule has 0 aliphatic heterocycles. The van der Waals surface area contributed by atoms with Gasteiger partial charge in [-0.25, -0.2) is 5.06 Å². The van der Waals surface area contributed by atoms with Crippen LogP contribution < -0.4 is 15.3 Å². The Balaban J connectivity index is 0.00000264. The lowest BCUT2D eigenvalue weighted by atomic mass is 9.95. The fourth-order valence-corrected chi connectivity index (χ4v) is 2.57. The second-order valence-corrected chi connectivity index (χ2v) is 5.40.